The Hall–Kier alpha value is -0.800. The van der Waals surface area contributed by atoms with Gasteiger partial charge in [-0.1, -0.05) is 26.0 Å². The Morgan fingerprint density at radius 1 is 1.33 bits per heavy atom. The molecular weight excluding hydrogens is 258 g/mol. The van der Waals surface area contributed by atoms with Gasteiger partial charge in [0.15, 0.2) is 0 Å². The van der Waals surface area contributed by atoms with Crippen molar-refractivity contribution in [2.45, 2.75) is 37.9 Å². The van der Waals surface area contributed by atoms with Crippen LogP contribution in [0.4, 0.5) is 0 Å². The second-order valence-corrected chi connectivity index (χ2v) is 7.11. The van der Waals surface area contributed by atoms with Crippen molar-refractivity contribution >= 4 is 24.0 Å². The Morgan fingerprint density at radius 3 is 2.61 bits per heavy atom. The third-order valence-corrected chi connectivity index (χ3v) is 4.72. The van der Waals surface area contributed by atoms with Gasteiger partial charge in [-0.25, -0.2) is 0 Å². The van der Waals surface area contributed by atoms with Crippen LogP contribution in [-0.2, 0) is 11.2 Å². The van der Waals surface area contributed by atoms with Crippen LogP contribution in [0.15, 0.2) is 35.8 Å². The molecule has 0 aliphatic carbocycles. The fourth-order valence-electron chi connectivity index (χ4n) is 1.95. The highest BCUT2D eigenvalue weighted by molar-refractivity contribution is 7.81. The summed E-state index contributed by atoms with van der Waals surface area (Å²) in [5.41, 5.74) is 2.39. The first-order valence-corrected chi connectivity index (χ1v) is 7.53. The summed E-state index contributed by atoms with van der Waals surface area (Å²) in [5.74, 6) is 0.485. The van der Waals surface area contributed by atoms with Gasteiger partial charge in [-0.15, -0.1) is 11.3 Å². The Bertz CT molecular complexity index is 484. The van der Waals surface area contributed by atoms with Crippen LogP contribution >= 0.6 is 24.0 Å². The first kappa shape index (κ1) is 13.6. The first-order chi connectivity index (χ1) is 8.49. The zero-order chi connectivity index (χ0) is 13.2. The number of pyridine rings is 1. The molecule has 96 valence electrons. The van der Waals surface area contributed by atoms with Crippen LogP contribution in [0.1, 0.15) is 42.8 Å². The largest absolute Gasteiger partial charge is 0.261 e. The van der Waals surface area contributed by atoms with Crippen LogP contribution in [0.5, 0.6) is 0 Å². The summed E-state index contributed by atoms with van der Waals surface area (Å²) in [6.07, 6.45) is 2.89. The van der Waals surface area contributed by atoms with Crippen LogP contribution in [0.2, 0.25) is 0 Å². The standard InChI is InChI=1S/C15H19NS2/c1-11(2)13-7-6-12(10-16-13)9-15(3,17)14-5-4-8-18-14/h4-8,10-11,17H,9H2,1-3H3. The van der Waals surface area contributed by atoms with Crippen molar-refractivity contribution in [2.75, 3.05) is 0 Å². The molecule has 1 unspecified atom stereocenters. The Morgan fingerprint density at radius 2 is 2.11 bits per heavy atom. The normalized spacial score (nSPS) is 14.7. The molecule has 2 rings (SSSR count). The predicted octanol–water partition coefficient (Wildman–Crippen LogP) is 4.65. The topological polar surface area (TPSA) is 12.9 Å². The molecule has 0 spiro atoms. The van der Waals surface area contributed by atoms with Gasteiger partial charge in [0.1, 0.15) is 0 Å². The number of hydrogen-bond acceptors (Lipinski definition) is 3. The van der Waals surface area contributed by atoms with E-state index in [2.05, 4.69) is 55.4 Å². The number of aromatic nitrogens is 1. The van der Waals surface area contributed by atoms with Crippen molar-refractivity contribution in [1.82, 2.24) is 4.98 Å². The molecule has 3 heteroatoms. The van der Waals surface area contributed by atoms with Crippen LogP contribution in [0, 0.1) is 0 Å². The summed E-state index contributed by atoms with van der Waals surface area (Å²) in [7, 11) is 0. The number of rotatable bonds is 4. The Kier molecular flexibility index (Phi) is 4.13. The third kappa shape index (κ3) is 3.15. The lowest BCUT2D eigenvalue weighted by atomic mass is 9.99. The minimum atomic E-state index is -0.116. The molecule has 0 fully saturated rings. The van der Waals surface area contributed by atoms with Gasteiger partial charge in [0.2, 0.25) is 0 Å². The zero-order valence-electron chi connectivity index (χ0n) is 11.1. The lowest BCUT2D eigenvalue weighted by Crippen LogP contribution is -2.16. The summed E-state index contributed by atoms with van der Waals surface area (Å²) in [6, 6.07) is 8.52. The van der Waals surface area contributed by atoms with Gasteiger partial charge in [0.25, 0.3) is 0 Å². The maximum Gasteiger partial charge on any atom is 0.0484 e. The molecule has 0 aliphatic rings. The van der Waals surface area contributed by atoms with Crippen LogP contribution in [0.25, 0.3) is 0 Å². The van der Waals surface area contributed by atoms with E-state index in [0.29, 0.717) is 5.92 Å². The van der Waals surface area contributed by atoms with Crippen molar-refractivity contribution in [3.8, 4) is 0 Å². The minimum absolute atomic E-state index is 0.116. The van der Waals surface area contributed by atoms with Crippen molar-refractivity contribution in [2.24, 2.45) is 0 Å². The fraction of sp³-hybridized carbons (Fsp3) is 0.400. The van der Waals surface area contributed by atoms with Gasteiger partial charge < -0.3 is 0 Å². The van der Waals surface area contributed by atoms with Gasteiger partial charge in [0.05, 0.1) is 0 Å². The van der Waals surface area contributed by atoms with Crippen LogP contribution in [0.3, 0.4) is 0 Å². The maximum absolute atomic E-state index is 4.80. The summed E-state index contributed by atoms with van der Waals surface area (Å²) < 4.78 is -0.116. The second-order valence-electron chi connectivity index (χ2n) is 5.17. The van der Waals surface area contributed by atoms with E-state index >= 15 is 0 Å². The fourth-order valence-corrected chi connectivity index (χ4v) is 3.15. The SMILES string of the molecule is CC(C)c1ccc(CC(C)(S)c2cccs2)cn1. The molecule has 2 aromatic rings. The van der Waals surface area contributed by atoms with E-state index in [4.69, 9.17) is 12.6 Å². The third-order valence-electron chi connectivity index (χ3n) is 3.04. The first-order valence-electron chi connectivity index (χ1n) is 6.20. The van der Waals surface area contributed by atoms with E-state index < -0.39 is 0 Å². The molecule has 18 heavy (non-hydrogen) atoms. The summed E-state index contributed by atoms with van der Waals surface area (Å²) in [5, 5.41) is 2.10. The van der Waals surface area contributed by atoms with E-state index in [9.17, 15) is 0 Å². The van der Waals surface area contributed by atoms with Crippen molar-refractivity contribution in [3.05, 3.63) is 52.0 Å². The molecule has 0 N–H and O–H groups in total. The Labute approximate surface area is 119 Å². The number of thiol groups is 1. The highest BCUT2D eigenvalue weighted by Crippen LogP contribution is 2.34. The van der Waals surface area contributed by atoms with Gasteiger partial charge in [-0.2, -0.15) is 12.6 Å². The quantitative estimate of drug-likeness (QED) is 0.802. The Balaban J connectivity index is 2.14. The molecule has 0 saturated heterocycles. The highest BCUT2D eigenvalue weighted by atomic mass is 32.1. The second kappa shape index (κ2) is 5.45. The van der Waals surface area contributed by atoms with Gasteiger partial charge >= 0.3 is 0 Å². The molecule has 0 saturated carbocycles. The van der Waals surface area contributed by atoms with E-state index in [-0.39, 0.29) is 4.75 Å². The highest BCUT2D eigenvalue weighted by Gasteiger charge is 2.23. The summed E-state index contributed by atoms with van der Waals surface area (Å²) >= 11 is 6.56. The van der Waals surface area contributed by atoms with Crippen molar-refractivity contribution in [1.29, 1.82) is 0 Å². The van der Waals surface area contributed by atoms with E-state index in [0.717, 1.165) is 12.1 Å². The molecule has 0 aromatic carbocycles. The van der Waals surface area contributed by atoms with E-state index in [1.165, 1.54) is 10.4 Å². The van der Waals surface area contributed by atoms with Crippen molar-refractivity contribution in [3.63, 3.8) is 0 Å². The van der Waals surface area contributed by atoms with Crippen molar-refractivity contribution < 1.29 is 0 Å². The number of thiophene rings is 1. The smallest absolute Gasteiger partial charge is 0.0484 e. The molecule has 0 amide bonds. The summed E-state index contributed by atoms with van der Waals surface area (Å²) in [4.78, 5) is 5.82. The van der Waals surface area contributed by atoms with Gasteiger partial charge in [0, 0.05) is 21.5 Å². The summed E-state index contributed by atoms with van der Waals surface area (Å²) in [6.45, 7) is 6.49. The van der Waals surface area contributed by atoms with Gasteiger partial charge in [-0.05, 0) is 42.3 Å². The van der Waals surface area contributed by atoms with E-state index in [1.54, 1.807) is 11.3 Å². The molecule has 1 atom stereocenters. The predicted molar refractivity (Wildman–Crippen MR) is 82.7 cm³/mol. The molecule has 1 nitrogen and oxygen atoms in total. The van der Waals surface area contributed by atoms with Crippen LogP contribution < -0.4 is 0 Å². The average molecular weight is 277 g/mol. The molecule has 2 aromatic heterocycles. The molecule has 0 bridgehead atoms. The molecule has 0 aliphatic heterocycles. The minimum Gasteiger partial charge on any atom is -0.261 e. The monoisotopic (exact) mass is 277 g/mol. The lowest BCUT2D eigenvalue weighted by molar-refractivity contribution is 0.704. The number of hydrogen-bond donors (Lipinski definition) is 1. The zero-order valence-corrected chi connectivity index (χ0v) is 12.8. The van der Waals surface area contributed by atoms with Crippen LogP contribution in [-0.4, -0.2) is 4.98 Å². The number of nitrogens with zero attached hydrogens (tertiary/aromatic N) is 1. The molecular formula is C15H19NS2. The van der Waals surface area contributed by atoms with Gasteiger partial charge in [-0.3, -0.25) is 4.98 Å². The molecule has 0 radical (unpaired) electrons. The van der Waals surface area contributed by atoms with E-state index in [1.807, 2.05) is 6.20 Å². The molecule has 2 heterocycles. The lowest BCUT2D eigenvalue weighted by Gasteiger charge is -2.22. The average Bonchev–Trinajstić information content (AvgIpc) is 2.83. The maximum atomic E-state index is 4.80.